The number of nitriles is 1. The SMILES string of the molecule is CCN(CCC#N)S(=O)(=O)c1cccnc1Cl. The van der Waals surface area contributed by atoms with Gasteiger partial charge in [-0.25, -0.2) is 13.4 Å². The Morgan fingerprint density at radius 2 is 2.29 bits per heavy atom. The molecule has 1 heterocycles. The zero-order valence-electron chi connectivity index (χ0n) is 9.30. The first-order chi connectivity index (χ1) is 8.04. The first kappa shape index (κ1) is 13.9. The number of aromatic nitrogens is 1. The summed E-state index contributed by atoms with van der Waals surface area (Å²) in [4.78, 5) is 3.71. The maximum atomic E-state index is 12.2. The summed E-state index contributed by atoms with van der Waals surface area (Å²) in [7, 11) is -3.67. The van der Waals surface area contributed by atoms with Crippen molar-refractivity contribution in [3.63, 3.8) is 0 Å². The molecule has 0 saturated carbocycles. The minimum Gasteiger partial charge on any atom is -0.243 e. The van der Waals surface area contributed by atoms with Crippen LogP contribution in [0.2, 0.25) is 5.15 Å². The molecule has 0 spiro atoms. The largest absolute Gasteiger partial charge is 0.246 e. The normalized spacial score (nSPS) is 11.4. The first-order valence-electron chi connectivity index (χ1n) is 5.01. The molecule has 0 aliphatic carbocycles. The second kappa shape index (κ2) is 5.96. The molecule has 0 aliphatic heterocycles. The van der Waals surface area contributed by atoms with Crippen molar-refractivity contribution < 1.29 is 8.42 Å². The maximum absolute atomic E-state index is 12.2. The third-order valence-corrected chi connectivity index (χ3v) is 4.59. The molecule has 0 unspecified atom stereocenters. The molecule has 0 N–H and O–H groups in total. The van der Waals surface area contributed by atoms with E-state index in [1.807, 2.05) is 6.07 Å². The minimum atomic E-state index is -3.67. The fraction of sp³-hybridized carbons (Fsp3) is 0.400. The average molecular weight is 274 g/mol. The standard InChI is InChI=1S/C10H12ClN3O2S/c1-2-14(8-4-6-12)17(15,16)9-5-3-7-13-10(9)11/h3,5,7H,2,4,8H2,1H3. The zero-order chi connectivity index (χ0) is 12.9. The molecule has 7 heteroatoms. The zero-order valence-corrected chi connectivity index (χ0v) is 10.9. The Balaban J connectivity index is 3.10. The summed E-state index contributed by atoms with van der Waals surface area (Å²) < 4.78 is 25.6. The van der Waals surface area contributed by atoms with Gasteiger partial charge in [0.1, 0.15) is 10.0 Å². The van der Waals surface area contributed by atoms with Crippen molar-refractivity contribution in [2.75, 3.05) is 13.1 Å². The molecular weight excluding hydrogens is 262 g/mol. The van der Waals surface area contributed by atoms with Crippen molar-refractivity contribution in [1.82, 2.24) is 9.29 Å². The molecule has 0 saturated heterocycles. The molecule has 1 aromatic heterocycles. The molecule has 0 fully saturated rings. The molecule has 17 heavy (non-hydrogen) atoms. The van der Waals surface area contributed by atoms with E-state index in [1.54, 1.807) is 6.92 Å². The highest BCUT2D eigenvalue weighted by molar-refractivity contribution is 7.89. The van der Waals surface area contributed by atoms with Crippen LogP contribution < -0.4 is 0 Å². The fourth-order valence-electron chi connectivity index (χ4n) is 1.33. The highest BCUT2D eigenvalue weighted by atomic mass is 35.5. The van der Waals surface area contributed by atoms with Gasteiger partial charge < -0.3 is 0 Å². The quantitative estimate of drug-likeness (QED) is 0.765. The summed E-state index contributed by atoms with van der Waals surface area (Å²) in [5.74, 6) is 0. The van der Waals surface area contributed by atoms with E-state index in [2.05, 4.69) is 4.98 Å². The van der Waals surface area contributed by atoms with Crippen molar-refractivity contribution in [3.05, 3.63) is 23.5 Å². The van der Waals surface area contributed by atoms with Gasteiger partial charge in [-0.1, -0.05) is 18.5 Å². The van der Waals surface area contributed by atoms with E-state index in [0.29, 0.717) is 0 Å². The summed E-state index contributed by atoms with van der Waals surface area (Å²) in [5.41, 5.74) is 0. The Labute approximate surface area is 106 Å². The second-order valence-electron chi connectivity index (χ2n) is 3.20. The number of pyridine rings is 1. The number of rotatable bonds is 5. The molecule has 0 aliphatic rings. The van der Waals surface area contributed by atoms with Gasteiger partial charge in [0.25, 0.3) is 0 Å². The summed E-state index contributed by atoms with van der Waals surface area (Å²) in [6, 6.07) is 4.83. The van der Waals surface area contributed by atoms with E-state index in [9.17, 15) is 8.42 Å². The predicted molar refractivity (Wildman–Crippen MR) is 63.9 cm³/mol. The lowest BCUT2D eigenvalue weighted by Gasteiger charge is -2.19. The van der Waals surface area contributed by atoms with Gasteiger partial charge in [0.2, 0.25) is 10.0 Å². The fourth-order valence-corrected chi connectivity index (χ4v) is 3.20. The number of hydrogen-bond acceptors (Lipinski definition) is 4. The monoisotopic (exact) mass is 273 g/mol. The Hall–Kier alpha value is -1.16. The highest BCUT2D eigenvalue weighted by Crippen LogP contribution is 2.22. The number of nitrogens with zero attached hydrogens (tertiary/aromatic N) is 3. The lowest BCUT2D eigenvalue weighted by Crippen LogP contribution is -2.32. The topological polar surface area (TPSA) is 74.1 Å². The molecule has 92 valence electrons. The Kier molecular flexibility index (Phi) is 4.87. The van der Waals surface area contributed by atoms with Crippen molar-refractivity contribution in [2.45, 2.75) is 18.2 Å². The molecule has 5 nitrogen and oxygen atoms in total. The van der Waals surface area contributed by atoms with Crippen molar-refractivity contribution in [3.8, 4) is 6.07 Å². The van der Waals surface area contributed by atoms with Crippen LogP contribution in [0.3, 0.4) is 0 Å². The molecule has 1 aromatic rings. The van der Waals surface area contributed by atoms with Gasteiger partial charge >= 0.3 is 0 Å². The van der Waals surface area contributed by atoms with Gasteiger partial charge in [-0.05, 0) is 12.1 Å². The van der Waals surface area contributed by atoms with Crippen LogP contribution >= 0.6 is 11.6 Å². The smallest absolute Gasteiger partial charge is 0.243 e. The van der Waals surface area contributed by atoms with Crippen LogP contribution in [0.15, 0.2) is 23.2 Å². The minimum absolute atomic E-state index is 0.0264. The number of halogens is 1. The van der Waals surface area contributed by atoms with Crippen LogP contribution in [0, 0.1) is 11.3 Å². The van der Waals surface area contributed by atoms with E-state index in [0.717, 1.165) is 0 Å². The lowest BCUT2D eigenvalue weighted by atomic mass is 10.5. The van der Waals surface area contributed by atoms with E-state index in [4.69, 9.17) is 16.9 Å². The third kappa shape index (κ3) is 3.16. The van der Waals surface area contributed by atoms with E-state index in [1.165, 1.54) is 22.6 Å². The van der Waals surface area contributed by atoms with Gasteiger partial charge in [-0.3, -0.25) is 0 Å². The van der Waals surface area contributed by atoms with Gasteiger partial charge in [0.05, 0.1) is 6.07 Å². The van der Waals surface area contributed by atoms with E-state index in [-0.39, 0.29) is 29.6 Å². The molecule has 0 aromatic carbocycles. The summed E-state index contributed by atoms with van der Waals surface area (Å²) in [6.07, 6.45) is 1.57. The van der Waals surface area contributed by atoms with Crippen LogP contribution in [-0.2, 0) is 10.0 Å². The van der Waals surface area contributed by atoms with Crippen molar-refractivity contribution in [1.29, 1.82) is 5.26 Å². The van der Waals surface area contributed by atoms with Gasteiger partial charge in [0.15, 0.2) is 0 Å². The van der Waals surface area contributed by atoms with E-state index >= 15 is 0 Å². The van der Waals surface area contributed by atoms with Crippen LogP contribution in [0.4, 0.5) is 0 Å². The molecule has 1 rings (SSSR count). The van der Waals surface area contributed by atoms with Crippen molar-refractivity contribution >= 4 is 21.6 Å². The third-order valence-electron chi connectivity index (χ3n) is 2.17. The van der Waals surface area contributed by atoms with Gasteiger partial charge in [0, 0.05) is 25.7 Å². The second-order valence-corrected chi connectivity index (χ2v) is 5.46. The van der Waals surface area contributed by atoms with Crippen LogP contribution in [0.25, 0.3) is 0 Å². The van der Waals surface area contributed by atoms with Crippen molar-refractivity contribution in [2.24, 2.45) is 0 Å². The molecular formula is C10H12ClN3O2S. The molecule has 0 bridgehead atoms. The summed E-state index contributed by atoms with van der Waals surface area (Å²) in [6.45, 7) is 2.15. The average Bonchev–Trinajstić information content (AvgIpc) is 2.30. The molecule has 0 atom stereocenters. The lowest BCUT2D eigenvalue weighted by molar-refractivity contribution is 0.435. The number of hydrogen-bond donors (Lipinski definition) is 0. The van der Waals surface area contributed by atoms with Crippen LogP contribution in [0.5, 0.6) is 0 Å². The summed E-state index contributed by atoms with van der Waals surface area (Å²) in [5, 5.41) is 8.44. The van der Waals surface area contributed by atoms with Gasteiger partial charge in [-0.15, -0.1) is 0 Å². The Bertz CT molecular complexity index is 525. The highest BCUT2D eigenvalue weighted by Gasteiger charge is 2.25. The maximum Gasteiger partial charge on any atom is 0.246 e. The van der Waals surface area contributed by atoms with Crippen LogP contribution in [0.1, 0.15) is 13.3 Å². The molecule has 0 amide bonds. The first-order valence-corrected chi connectivity index (χ1v) is 6.83. The Morgan fingerprint density at radius 1 is 1.59 bits per heavy atom. The molecule has 0 radical (unpaired) electrons. The van der Waals surface area contributed by atoms with Crippen LogP contribution in [-0.4, -0.2) is 30.8 Å². The predicted octanol–water partition coefficient (Wildman–Crippen LogP) is 1.66. The number of sulfonamides is 1. The summed E-state index contributed by atoms with van der Waals surface area (Å²) >= 11 is 5.76. The Morgan fingerprint density at radius 3 is 2.82 bits per heavy atom. The van der Waals surface area contributed by atoms with E-state index < -0.39 is 10.0 Å². The van der Waals surface area contributed by atoms with Gasteiger partial charge in [-0.2, -0.15) is 9.57 Å².